The van der Waals surface area contributed by atoms with Crippen LogP contribution in [0.2, 0.25) is 0 Å². The van der Waals surface area contributed by atoms with E-state index in [1.807, 2.05) is 0 Å². The van der Waals surface area contributed by atoms with Crippen molar-refractivity contribution in [2.75, 3.05) is 19.6 Å². The summed E-state index contributed by atoms with van der Waals surface area (Å²) in [4.78, 5) is 59.3. The van der Waals surface area contributed by atoms with Crippen LogP contribution in [0.3, 0.4) is 0 Å². The zero-order chi connectivity index (χ0) is 23.3. The Hall–Kier alpha value is -2.73. The largest absolute Gasteiger partial charge is 0.480 e. The number of carboxylic acids is 1. The van der Waals surface area contributed by atoms with Crippen molar-refractivity contribution in [3.05, 3.63) is 0 Å². The number of hydrogen-bond acceptors (Lipinski definition) is 7. The van der Waals surface area contributed by atoms with Gasteiger partial charge in [-0.25, -0.2) is 0 Å². The third kappa shape index (κ3) is 10.7. The molecule has 12 nitrogen and oxygen atoms in total. The summed E-state index contributed by atoms with van der Waals surface area (Å²) in [5.74, 6) is -3.87. The molecule has 0 fully saturated rings. The average molecular weight is 431 g/mol. The van der Waals surface area contributed by atoms with E-state index < -0.39 is 54.3 Å². The van der Waals surface area contributed by atoms with Gasteiger partial charge in [-0.2, -0.15) is 0 Å². The van der Waals surface area contributed by atoms with Crippen molar-refractivity contribution in [3.63, 3.8) is 0 Å². The van der Waals surface area contributed by atoms with Crippen LogP contribution in [0.4, 0.5) is 0 Å². The quantitative estimate of drug-likeness (QED) is 0.145. The molecule has 0 aromatic carbocycles. The van der Waals surface area contributed by atoms with Crippen molar-refractivity contribution in [1.29, 1.82) is 0 Å². The number of aliphatic carboxylic acids is 1. The van der Waals surface area contributed by atoms with Gasteiger partial charge >= 0.3 is 5.97 Å². The standard InChI is InChI=1S/C18H34N6O6/c1-10(2)15(18(30)21-9-14(26)27)24-16(28)11(3)22-17(29)12(6-4-5-7-19)23-13(25)8-20/h10-12,15H,4-9,19-20H2,1-3H3,(H,21,30)(H,22,29)(H,23,25)(H,24,28)(H,26,27). The highest BCUT2D eigenvalue weighted by molar-refractivity contribution is 5.94. The molecule has 0 bridgehead atoms. The molecule has 3 unspecified atom stereocenters. The molecule has 0 spiro atoms. The zero-order valence-electron chi connectivity index (χ0n) is 17.7. The van der Waals surface area contributed by atoms with Gasteiger partial charge in [0, 0.05) is 0 Å². The number of unbranched alkanes of at least 4 members (excludes halogenated alkanes) is 1. The molecule has 0 aliphatic carbocycles. The first kappa shape index (κ1) is 27.3. The molecule has 0 heterocycles. The van der Waals surface area contributed by atoms with Crippen molar-refractivity contribution < 1.29 is 29.1 Å². The smallest absolute Gasteiger partial charge is 0.322 e. The van der Waals surface area contributed by atoms with Crippen LogP contribution in [0.25, 0.3) is 0 Å². The topological polar surface area (TPSA) is 206 Å². The van der Waals surface area contributed by atoms with Crippen molar-refractivity contribution in [3.8, 4) is 0 Å². The maximum absolute atomic E-state index is 12.5. The van der Waals surface area contributed by atoms with Gasteiger partial charge in [-0.15, -0.1) is 0 Å². The van der Waals surface area contributed by atoms with Crippen LogP contribution in [0.5, 0.6) is 0 Å². The molecule has 0 saturated carbocycles. The Kier molecular flexibility index (Phi) is 13.0. The van der Waals surface area contributed by atoms with Gasteiger partial charge < -0.3 is 37.8 Å². The van der Waals surface area contributed by atoms with Crippen molar-refractivity contribution in [1.82, 2.24) is 21.3 Å². The van der Waals surface area contributed by atoms with Crippen LogP contribution in [0.1, 0.15) is 40.0 Å². The first-order valence-electron chi connectivity index (χ1n) is 9.83. The van der Waals surface area contributed by atoms with Crippen molar-refractivity contribution in [2.24, 2.45) is 17.4 Å². The van der Waals surface area contributed by atoms with Gasteiger partial charge in [0.25, 0.3) is 0 Å². The minimum Gasteiger partial charge on any atom is -0.480 e. The van der Waals surface area contributed by atoms with Gasteiger partial charge in [-0.3, -0.25) is 24.0 Å². The summed E-state index contributed by atoms with van der Waals surface area (Å²) < 4.78 is 0. The second-order valence-corrected chi connectivity index (χ2v) is 7.18. The molecule has 3 atom stereocenters. The first-order valence-corrected chi connectivity index (χ1v) is 9.83. The lowest BCUT2D eigenvalue weighted by Gasteiger charge is -2.25. The Bertz CT molecular complexity index is 612. The molecule has 0 radical (unpaired) electrons. The maximum Gasteiger partial charge on any atom is 0.322 e. The van der Waals surface area contributed by atoms with Crippen LogP contribution in [0.15, 0.2) is 0 Å². The average Bonchev–Trinajstić information content (AvgIpc) is 2.68. The number of rotatable bonds is 14. The van der Waals surface area contributed by atoms with Crippen LogP contribution in [0, 0.1) is 5.92 Å². The van der Waals surface area contributed by atoms with E-state index in [-0.39, 0.29) is 12.5 Å². The Labute approximate surface area is 175 Å². The Morgan fingerprint density at radius 2 is 1.50 bits per heavy atom. The molecule has 0 aliphatic rings. The fraction of sp³-hybridized carbons (Fsp3) is 0.722. The number of carboxylic acid groups (broad SMARTS) is 1. The predicted molar refractivity (Wildman–Crippen MR) is 109 cm³/mol. The van der Waals surface area contributed by atoms with E-state index in [9.17, 15) is 24.0 Å². The third-order valence-corrected chi connectivity index (χ3v) is 4.20. The summed E-state index contributed by atoms with van der Waals surface area (Å²) in [6.45, 7) is 4.39. The summed E-state index contributed by atoms with van der Waals surface area (Å²) in [5, 5.41) is 18.4. The first-order chi connectivity index (χ1) is 14.0. The molecular weight excluding hydrogens is 396 g/mol. The Morgan fingerprint density at radius 3 is 2.00 bits per heavy atom. The lowest BCUT2D eigenvalue weighted by Crippen LogP contribution is -2.57. The number of hydrogen-bond donors (Lipinski definition) is 7. The summed E-state index contributed by atoms with van der Waals surface area (Å²) >= 11 is 0. The molecule has 30 heavy (non-hydrogen) atoms. The minimum atomic E-state index is -1.21. The fourth-order valence-electron chi connectivity index (χ4n) is 2.48. The number of carbonyl (C=O) groups is 5. The summed E-state index contributed by atoms with van der Waals surface area (Å²) in [6, 6.07) is -2.85. The SMILES string of the molecule is CC(NC(=O)C(CCCCN)NC(=O)CN)C(=O)NC(C(=O)NCC(=O)O)C(C)C. The number of amides is 4. The van der Waals surface area contributed by atoms with Crippen LogP contribution < -0.4 is 32.7 Å². The van der Waals surface area contributed by atoms with Crippen molar-refractivity contribution in [2.45, 2.75) is 58.2 Å². The molecule has 4 amide bonds. The monoisotopic (exact) mass is 430 g/mol. The zero-order valence-corrected chi connectivity index (χ0v) is 17.7. The summed E-state index contributed by atoms with van der Waals surface area (Å²) in [6.07, 6.45) is 1.59. The van der Waals surface area contributed by atoms with Gasteiger partial charge in [0.1, 0.15) is 24.7 Å². The van der Waals surface area contributed by atoms with Crippen molar-refractivity contribution >= 4 is 29.6 Å². The lowest BCUT2D eigenvalue weighted by atomic mass is 10.0. The molecule has 12 heteroatoms. The molecule has 0 aromatic rings. The Balaban J connectivity index is 4.97. The summed E-state index contributed by atoms with van der Waals surface area (Å²) in [5.41, 5.74) is 10.7. The number of carbonyl (C=O) groups excluding carboxylic acids is 4. The molecule has 172 valence electrons. The number of nitrogens with one attached hydrogen (secondary N) is 4. The van der Waals surface area contributed by atoms with Gasteiger partial charge in [0.05, 0.1) is 6.54 Å². The molecular formula is C18H34N6O6. The normalized spacial score (nSPS) is 13.7. The van der Waals surface area contributed by atoms with E-state index in [2.05, 4.69) is 21.3 Å². The van der Waals surface area contributed by atoms with E-state index in [0.717, 1.165) is 0 Å². The molecule has 0 aromatic heterocycles. The molecule has 0 rings (SSSR count). The van der Waals surface area contributed by atoms with E-state index in [1.54, 1.807) is 13.8 Å². The second-order valence-electron chi connectivity index (χ2n) is 7.18. The lowest BCUT2D eigenvalue weighted by molar-refractivity contribution is -0.139. The summed E-state index contributed by atoms with van der Waals surface area (Å²) in [7, 11) is 0. The predicted octanol–water partition coefficient (Wildman–Crippen LogP) is -2.59. The maximum atomic E-state index is 12.5. The number of nitrogens with two attached hydrogens (primary N) is 2. The minimum absolute atomic E-state index is 0.280. The van der Waals surface area contributed by atoms with Crippen LogP contribution >= 0.6 is 0 Å². The highest BCUT2D eigenvalue weighted by Gasteiger charge is 2.28. The van der Waals surface area contributed by atoms with Gasteiger partial charge in [0.15, 0.2) is 0 Å². The van der Waals surface area contributed by atoms with Crippen LogP contribution in [-0.4, -0.2) is 72.5 Å². The fourth-order valence-corrected chi connectivity index (χ4v) is 2.48. The highest BCUT2D eigenvalue weighted by Crippen LogP contribution is 2.04. The molecule has 9 N–H and O–H groups in total. The third-order valence-electron chi connectivity index (χ3n) is 4.20. The van der Waals surface area contributed by atoms with Gasteiger partial charge in [0.2, 0.25) is 23.6 Å². The van der Waals surface area contributed by atoms with Crippen LogP contribution in [-0.2, 0) is 24.0 Å². The van der Waals surface area contributed by atoms with E-state index in [1.165, 1.54) is 6.92 Å². The van der Waals surface area contributed by atoms with E-state index in [0.29, 0.717) is 25.8 Å². The van der Waals surface area contributed by atoms with E-state index in [4.69, 9.17) is 16.6 Å². The van der Waals surface area contributed by atoms with E-state index >= 15 is 0 Å². The second kappa shape index (κ2) is 14.3. The van der Waals surface area contributed by atoms with Gasteiger partial charge in [-0.05, 0) is 38.6 Å². The molecule has 0 saturated heterocycles. The van der Waals surface area contributed by atoms with Gasteiger partial charge in [-0.1, -0.05) is 13.8 Å². The Morgan fingerprint density at radius 1 is 0.867 bits per heavy atom. The highest BCUT2D eigenvalue weighted by atomic mass is 16.4. The molecule has 0 aliphatic heterocycles.